The molecular formula is C12H11NO. The Labute approximate surface area is 82.5 Å². The molecule has 0 N–H and O–H groups in total. The lowest BCUT2D eigenvalue weighted by atomic mass is 10.1. The summed E-state index contributed by atoms with van der Waals surface area (Å²) in [6, 6.07) is 7.79. The van der Waals surface area contributed by atoms with E-state index in [1.807, 2.05) is 24.3 Å². The van der Waals surface area contributed by atoms with Gasteiger partial charge in [0.05, 0.1) is 5.52 Å². The minimum atomic E-state index is 0.0289. The molecule has 0 aliphatic carbocycles. The van der Waals surface area contributed by atoms with E-state index in [0.717, 1.165) is 16.5 Å². The number of fused-ring (bicyclic) bond motifs is 1. The van der Waals surface area contributed by atoms with Crippen LogP contribution >= 0.6 is 0 Å². The molecule has 0 unspecified atom stereocenters. The molecule has 14 heavy (non-hydrogen) atoms. The SMILES string of the molecule is C=Cc1cccc2c1ccn2C(C)=O. The second kappa shape index (κ2) is 3.14. The average molecular weight is 185 g/mol. The topological polar surface area (TPSA) is 22.0 Å². The van der Waals surface area contributed by atoms with Gasteiger partial charge in [-0.15, -0.1) is 0 Å². The Bertz CT molecular complexity index is 508. The molecule has 0 amide bonds. The number of benzene rings is 1. The zero-order valence-electron chi connectivity index (χ0n) is 8.03. The summed E-state index contributed by atoms with van der Waals surface area (Å²) in [4.78, 5) is 11.3. The van der Waals surface area contributed by atoms with Gasteiger partial charge in [-0.25, -0.2) is 0 Å². The highest BCUT2D eigenvalue weighted by molar-refractivity contribution is 5.95. The lowest BCUT2D eigenvalue weighted by Gasteiger charge is -2.00. The lowest BCUT2D eigenvalue weighted by Crippen LogP contribution is -2.02. The van der Waals surface area contributed by atoms with Crippen LogP contribution in [-0.2, 0) is 0 Å². The van der Waals surface area contributed by atoms with Crippen LogP contribution in [0.4, 0.5) is 0 Å². The number of hydrogen-bond donors (Lipinski definition) is 0. The summed E-state index contributed by atoms with van der Waals surface area (Å²) in [5, 5.41) is 1.07. The highest BCUT2D eigenvalue weighted by Crippen LogP contribution is 2.20. The first-order valence-corrected chi connectivity index (χ1v) is 4.47. The van der Waals surface area contributed by atoms with Gasteiger partial charge < -0.3 is 0 Å². The third-order valence-corrected chi connectivity index (χ3v) is 2.33. The van der Waals surface area contributed by atoms with Crippen LogP contribution in [0.25, 0.3) is 17.0 Å². The summed E-state index contributed by atoms with van der Waals surface area (Å²) in [7, 11) is 0. The average Bonchev–Trinajstić information content (AvgIpc) is 2.60. The van der Waals surface area contributed by atoms with E-state index >= 15 is 0 Å². The predicted octanol–water partition coefficient (Wildman–Crippen LogP) is 2.94. The molecule has 1 aromatic heterocycles. The fourth-order valence-electron chi connectivity index (χ4n) is 1.64. The van der Waals surface area contributed by atoms with Gasteiger partial charge >= 0.3 is 0 Å². The molecular weight excluding hydrogens is 174 g/mol. The number of aromatic nitrogens is 1. The Balaban J connectivity index is 2.82. The van der Waals surface area contributed by atoms with Gasteiger partial charge in [-0.3, -0.25) is 9.36 Å². The molecule has 70 valence electrons. The highest BCUT2D eigenvalue weighted by Gasteiger charge is 2.05. The predicted molar refractivity (Wildman–Crippen MR) is 58.3 cm³/mol. The molecule has 0 saturated carbocycles. The highest BCUT2D eigenvalue weighted by atomic mass is 16.1. The molecule has 0 atom stereocenters. The van der Waals surface area contributed by atoms with E-state index in [0.29, 0.717) is 0 Å². The van der Waals surface area contributed by atoms with E-state index in [2.05, 4.69) is 6.58 Å². The summed E-state index contributed by atoms with van der Waals surface area (Å²) in [6.07, 6.45) is 3.59. The summed E-state index contributed by atoms with van der Waals surface area (Å²) < 4.78 is 1.64. The van der Waals surface area contributed by atoms with Crippen molar-refractivity contribution >= 4 is 22.9 Å². The van der Waals surface area contributed by atoms with E-state index in [1.54, 1.807) is 23.8 Å². The Kier molecular flexibility index (Phi) is 1.97. The van der Waals surface area contributed by atoms with Crippen molar-refractivity contribution in [2.75, 3.05) is 0 Å². The minimum absolute atomic E-state index is 0.0289. The van der Waals surface area contributed by atoms with Gasteiger partial charge in [0.1, 0.15) is 0 Å². The van der Waals surface area contributed by atoms with Crippen molar-refractivity contribution in [2.45, 2.75) is 6.92 Å². The summed E-state index contributed by atoms with van der Waals surface area (Å²) in [6.45, 7) is 5.30. The van der Waals surface area contributed by atoms with Crippen molar-refractivity contribution in [3.05, 3.63) is 42.6 Å². The van der Waals surface area contributed by atoms with Gasteiger partial charge in [0.15, 0.2) is 0 Å². The molecule has 0 radical (unpaired) electrons. The maximum Gasteiger partial charge on any atom is 0.227 e. The van der Waals surface area contributed by atoms with Crippen LogP contribution in [0.3, 0.4) is 0 Å². The number of carbonyl (C=O) groups is 1. The first-order chi connectivity index (χ1) is 6.74. The molecule has 0 saturated heterocycles. The molecule has 2 rings (SSSR count). The van der Waals surface area contributed by atoms with Crippen LogP contribution in [0.5, 0.6) is 0 Å². The summed E-state index contributed by atoms with van der Waals surface area (Å²) in [5.41, 5.74) is 2.00. The van der Waals surface area contributed by atoms with Crippen LogP contribution in [0, 0.1) is 0 Å². The quantitative estimate of drug-likeness (QED) is 0.669. The van der Waals surface area contributed by atoms with Crippen molar-refractivity contribution in [3.63, 3.8) is 0 Å². The smallest absolute Gasteiger partial charge is 0.227 e. The van der Waals surface area contributed by atoms with Crippen LogP contribution in [-0.4, -0.2) is 10.5 Å². The maximum atomic E-state index is 11.3. The molecule has 1 heterocycles. The molecule has 0 aliphatic rings. The van der Waals surface area contributed by atoms with Crippen LogP contribution < -0.4 is 0 Å². The number of hydrogen-bond acceptors (Lipinski definition) is 1. The lowest BCUT2D eigenvalue weighted by molar-refractivity contribution is 0.0941. The molecule has 0 spiro atoms. The first-order valence-electron chi connectivity index (χ1n) is 4.47. The Hall–Kier alpha value is -1.83. The number of nitrogens with zero attached hydrogens (tertiary/aromatic N) is 1. The first kappa shape index (κ1) is 8.75. The van der Waals surface area contributed by atoms with E-state index in [-0.39, 0.29) is 5.91 Å². The Morgan fingerprint density at radius 3 is 2.86 bits per heavy atom. The fraction of sp³-hybridized carbons (Fsp3) is 0.0833. The van der Waals surface area contributed by atoms with E-state index in [9.17, 15) is 4.79 Å². The van der Waals surface area contributed by atoms with Gasteiger partial charge in [-0.05, 0) is 17.7 Å². The molecule has 2 nitrogen and oxygen atoms in total. The van der Waals surface area contributed by atoms with Gasteiger partial charge in [-0.1, -0.05) is 24.8 Å². The number of rotatable bonds is 1. The monoisotopic (exact) mass is 185 g/mol. The number of carbonyl (C=O) groups excluding carboxylic acids is 1. The van der Waals surface area contributed by atoms with Crippen molar-refractivity contribution in [1.82, 2.24) is 4.57 Å². The molecule has 1 aromatic carbocycles. The Morgan fingerprint density at radius 1 is 1.43 bits per heavy atom. The van der Waals surface area contributed by atoms with Crippen molar-refractivity contribution in [1.29, 1.82) is 0 Å². The molecule has 0 fully saturated rings. The van der Waals surface area contributed by atoms with Crippen molar-refractivity contribution in [2.24, 2.45) is 0 Å². The second-order valence-electron chi connectivity index (χ2n) is 3.19. The maximum absolute atomic E-state index is 11.3. The Morgan fingerprint density at radius 2 is 2.21 bits per heavy atom. The largest absolute Gasteiger partial charge is 0.287 e. The van der Waals surface area contributed by atoms with Crippen LogP contribution in [0.15, 0.2) is 37.0 Å². The third kappa shape index (κ3) is 1.16. The van der Waals surface area contributed by atoms with Gasteiger partial charge in [0, 0.05) is 18.5 Å². The standard InChI is InChI=1S/C12H11NO/c1-3-10-5-4-6-12-11(10)7-8-13(12)9(2)14/h3-8H,1H2,2H3. The van der Waals surface area contributed by atoms with Crippen LogP contribution in [0.1, 0.15) is 17.3 Å². The van der Waals surface area contributed by atoms with Crippen molar-refractivity contribution < 1.29 is 4.79 Å². The van der Waals surface area contributed by atoms with E-state index in [4.69, 9.17) is 0 Å². The normalized spacial score (nSPS) is 10.4. The molecule has 0 aliphatic heterocycles. The van der Waals surface area contributed by atoms with Gasteiger partial charge in [0.2, 0.25) is 5.91 Å². The van der Waals surface area contributed by atoms with Crippen molar-refractivity contribution in [3.8, 4) is 0 Å². The van der Waals surface area contributed by atoms with Crippen LogP contribution in [0.2, 0.25) is 0 Å². The van der Waals surface area contributed by atoms with E-state index in [1.165, 1.54) is 0 Å². The molecule has 0 bridgehead atoms. The summed E-state index contributed by atoms with van der Waals surface area (Å²) in [5.74, 6) is 0.0289. The minimum Gasteiger partial charge on any atom is -0.287 e. The van der Waals surface area contributed by atoms with Gasteiger partial charge in [-0.2, -0.15) is 0 Å². The third-order valence-electron chi connectivity index (χ3n) is 2.33. The van der Waals surface area contributed by atoms with E-state index < -0.39 is 0 Å². The molecule has 2 aromatic rings. The zero-order chi connectivity index (χ0) is 10.1. The fourth-order valence-corrected chi connectivity index (χ4v) is 1.64. The molecule has 2 heteroatoms. The zero-order valence-corrected chi connectivity index (χ0v) is 8.03. The second-order valence-corrected chi connectivity index (χ2v) is 3.19. The van der Waals surface area contributed by atoms with Gasteiger partial charge in [0.25, 0.3) is 0 Å². The summed E-state index contributed by atoms with van der Waals surface area (Å²) >= 11 is 0.